The molecular weight excluding hydrogens is 242 g/mol. The minimum absolute atomic E-state index is 0.0617. The van der Waals surface area contributed by atoms with Crippen molar-refractivity contribution in [3.05, 3.63) is 23.8 Å². The molecule has 0 fully saturated rings. The van der Waals surface area contributed by atoms with E-state index in [2.05, 4.69) is 5.32 Å². The van der Waals surface area contributed by atoms with Crippen LogP contribution < -0.4 is 5.32 Å². The summed E-state index contributed by atoms with van der Waals surface area (Å²) in [4.78, 5) is 11.8. The van der Waals surface area contributed by atoms with Crippen molar-refractivity contribution in [2.45, 2.75) is 30.9 Å². The molecule has 0 bridgehead atoms. The van der Waals surface area contributed by atoms with Gasteiger partial charge in [-0.05, 0) is 19.9 Å². The molecule has 1 heterocycles. The quantitative estimate of drug-likeness (QED) is 0.771. The van der Waals surface area contributed by atoms with Crippen molar-refractivity contribution in [1.29, 1.82) is 0 Å². The number of aliphatic hydroxyl groups is 1. The van der Waals surface area contributed by atoms with Gasteiger partial charge in [-0.15, -0.1) is 0 Å². The second kappa shape index (κ2) is 3.54. The van der Waals surface area contributed by atoms with Crippen molar-refractivity contribution in [1.82, 2.24) is 0 Å². The average molecular weight is 255 g/mol. The van der Waals surface area contributed by atoms with Gasteiger partial charge >= 0.3 is 0 Å². The molecule has 0 atom stereocenters. The highest BCUT2D eigenvalue weighted by atomic mass is 32.2. The van der Waals surface area contributed by atoms with Crippen molar-refractivity contribution in [3.63, 3.8) is 0 Å². The van der Waals surface area contributed by atoms with Crippen LogP contribution >= 0.6 is 0 Å². The lowest BCUT2D eigenvalue weighted by atomic mass is 10.0. The number of rotatable bonds is 1. The third kappa shape index (κ3) is 1.64. The zero-order chi connectivity index (χ0) is 12.8. The van der Waals surface area contributed by atoms with Crippen LogP contribution in [-0.4, -0.2) is 24.2 Å². The monoisotopic (exact) mass is 255 g/mol. The third-order valence-corrected chi connectivity index (χ3v) is 4.68. The summed E-state index contributed by atoms with van der Waals surface area (Å²) >= 11 is 0. The predicted molar refractivity (Wildman–Crippen MR) is 62.3 cm³/mol. The van der Waals surface area contributed by atoms with Gasteiger partial charge in [-0.3, -0.25) is 4.79 Å². The number of para-hydroxylation sites is 1. The van der Waals surface area contributed by atoms with Gasteiger partial charge in [-0.1, -0.05) is 12.1 Å². The van der Waals surface area contributed by atoms with Crippen molar-refractivity contribution in [2.24, 2.45) is 0 Å². The van der Waals surface area contributed by atoms with E-state index in [1.807, 2.05) is 0 Å². The second-order valence-electron chi connectivity index (χ2n) is 4.49. The number of carbonyl (C=O) groups is 1. The van der Waals surface area contributed by atoms with Crippen LogP contribution in [0.1, 0.15) is 19.4 Å². The van der Waals surface area contributed by atoms with E-state index < -0.39 is 20.5 Å². The summed E-state index contributed by atoms with van der Waals surface area (Å²) in [6.07, 6.45) is 0. The molecule has 0 amide bonds. The summed E-state index contributed by atoms with van der Waals surface area (Å²) in [5.41, 5.74) is -0.400. The van der Waals surface area contributed by atoms with E-state index in [0.717, 1.165) is 0 Å². The molecule has 5 nitrogen and oxygen atoms in total. The highest BCUT2D eigenvalue weighted by molar-refractivity contribution is 8.06. The Morgan fingerprint density at radius 1 is 1.35 bits per heavy atom. The van der Waals surface area contributed by atoms with Gasteiger partial charge in [-0.25, -0.2) is 8.42 Å². The first kappa shape index (κ1) is 12.1. The number of hydrogen-bond donors (Lipinski definition) is 2. The van der Waals surface area contributed by atoms with Gasteiger partial charge < -0.3 is 10.4 Å². The van der Waals surface area contributed by atoms with Crippen LogP contribution in [0.3, 0.4) is 0 Å². The average Bonchev–Trinajstić information content (AvgIpc) is 2.26. The van der Waals surface area contributed by atoms with E-state index in [0.29, 0.717) is 11.3 Å². The smallest absolute Gasteiger partial charge is 0.275 e. The molecule has 17 heavy (non-hydrogen) atoms. The molecule has 1 aliphatic heterocycles. The molecule has 0 aromatic heterocycles. The highest BCUT2D eigenvalue weighted by Crippen LogP contribution is 2.36. The largest absolute Gasteiger partial charge is 0.392 e. The van der Waals surface area contributed by atoms with Gasteiger partial charge in [0.25, 0.3) is 5.12 Å². The maximum absolute atomic E-state index is 12.0. The lowest BCUT2D eigenvalue weighted by Crippen LogP contribution is -2.48. The molecule has 0 saturated carbocycles. The fourth-order valence-corrected chi connectivity index (χ4v) is 3.50. The van der Waals surface area contributed by atoms with E-state index in [9.17, 15) is 18.3 Å². The number of fused-ring (bicyclic) bond motifs is 1. The van der Waals surface area contributed by atoms with Gasteiger partial charge in [0.15, 0.2) is 0 Å². The zero-order valence-corrected chi connectivity index (χ0v) is 10.3. The van der Waals surface area contributed by atoms with Gasteiger partial charge in [0.1, 0.15) is 5.54 Å². The number of sulfone groups is 1. The SMILES string of the molecule is CC1(C)Nc2c(CO)cccc2S(=O)(=O)C1=O. The predicted octanol–water partition coefficient (Wildman–Crippen LogP) is 0.683. The Kier molecular flexibility index (Phi) is 2.52. The minimum atomic E-state index is -3.97. The van der Waals surface area contributed by atoms with E-state index in [-0.39, 0.29) is 11.5 Å². The molecule has 0 unspecified atom stereocenters. The van der Waals surface area contributed by atoms with Crippen molar-refractivity contribution in [2.75, 3.05) is 5.32 Å². The highest BCUT2D eigenvalue weighted by Gasteiger charge is 2.45. The number of anilines is 1. The normalized spacial score (nSPS) is 20.5. The lowest BCUT2D eigenvalue weighted by Gasteiger charge is -2.32. The van der Waals surface area contributed by atoms with Crippen LogP contribution in [0.25, 0.3) is 0 Å². The van der Waals surface area contributed by atoms with Gasteiger partial charge in [0, 0.05) is 5.56 Å². The summed E-state index contributed by atoms with van der Waals surface area (Å²) in [7, 11) is -3.97. The molecule has 2 N–H and O–H groups in total. The standard InChI is InChI=1S/C11H13NO4S/c1-11(2)10(14)17(15,16)8-5-3-4-7(6-13)9(8)12-11/h3-5,12-13H,6H2,1-2H3. The van der Waals surface area contributed by atoms with Crippen LogP contribution in [0.15, 0.2) is 23.1 Å². The molecule has 92 valence electrons. The maximum Gasteiger partial charge on any atom is 0.275 e. The number of nitrogens with one attached hydrogen (secondary N) is 1. The molecule has 1 aromatic carbocycles. The first-order chi connectivity index (χ1) is 7.80. The number of carbonyl (C=O) groups excluding carboxylic acids is 1. The van der Waals surface area contributed by atoms with Crippen LogP contribution in [-0.2, 0) is 21.2 Å². The Bertz CT molecular complexity index is 589. The lowest BCUT2D eigenvalue weighted by molar-refractivity contribution is -0.114. The summed E-state index contributed by atoms with van der Waals surface area (Å²) in [5.74, 6) is 0. The van der Waals surface area contributed by atoms with E-state index in [4.69, 9.17) is 0 Å². The fourth-order valence-electron chi connectivity index (χ4n) is 1.87. The van der Waals surface area contributed by atoms with Crippen molar-refractivity contribution < 1.29 is 18.3 Å². The molecule has 2 rings (SSSR count). The van der Waals surface area contributed by atoms with E-state index >= 15 is 0 Å². The molecule has 0 radical (unpaired) electrons. The number of benzene rings is 1. The minimum Gasteiger partial charge on any atom is -0.392 e. The van der Waals surface area contributed by atoms with Gasteiger partial charge in [0.2, 0.25) is 9.84 Å². The summed E-state index contributed by atoms with van der Waals surface area (Å²) < 4.78 is 24.0. The first-order valence-electron chi connectivity index (χ1n) is 5.11. The van der Waals surface area contributed by atoms with Crippen LogP contribution in [0.2, 0.25) is 0 Å². The molecule has 6 heteroatoms. The van der Waals surface area contributed by atoms with Crippen LogP contribution in [0.5, 0.6) is 0 Å². The molecular formula is C11H13NO4S. The molecule has 0 spiro atoms. The number of aliphatic hydroxyl groups excluding tert-OH is 1. The molecule has 0 saturated heterocycles. The zero-order valence-electron chi connectivity index (χ0n) is 9.52. The van der Waals surface area contributed by atoms with Crippen LogP contribution in [0.4, 0.5) is 5.69 Å². The first-order valence-corrected chi connectivity index (χ1v) is 6.59. The Labute approximate surface area is 99.4 Å². The Hall–Kier alpha value is -1.40. The van der Waals surface area contributed by atoms with E-state index in [1.165, 1.54) is 26.0 Å². The van der Waals surface area contributed by atoms with Crippen LogP contribution in [0, 0.1) is 0 Å². The van der Waals surface area contributed by atoms with Crippen molar-refractivity contribution in [3.8, 4) is 0 Å². The van der Waals surface area contributed by atoms with E-state index in [1.54, 1.807) is 6.07 Å². The van der Waals surface area contributed by atoms with Gasteiger partial charge in [-0.2, -0.15) is 0 Å². The summed E-state index contributed by atoms with van der Waals surface area (Å²) in [5, 5.41) is 11.2. The Balaban J connectivity index is 2.79. The fraction of sp³-hybridized carbons (Fsp3) is 0.364. The topological polar surface area (TPSA) is 83.5 Å². The Morgan fingerprint density at radius 2 is 2.00 bits per heavy atom. The summed E-state index contributed by atoms with van der Waals surface area (Å²) in [6.45, 7) is 2.73. The molecule has 1 aromatic rings. The number of hydrogen-bond acceptors (Lipinski definition) is 5. The second-order valence-corrected chi connectivity index (χ2v) is 6.31. The Morgan fingerprint density at radius 3 is 2.59 bits per heavy atom. The maximum atomic E-state index is 12.0. The molecule has 1 aliphatic rings. The summed E-state index contributed by atoms with van der Waals surface area (Å²) in [6, 6.07) is 4.49. The molecule has 0 aliphatic carbocycles. The van der Waals surface area contributed by atoms with Gasteiger partial charge in [0.05, 0.1) is 17.2 Å². The third-order valence-electron chi connectivity index (χ3n) is 2.76. The van der Waals surface area contributed by atoms with Crippen molar-refractivity contribution >= 4 is 20.6 Å².